The van der Waals surface area contributed by atoms with Gasteiger partial charge in [-0.05, 0) is 79.3 Å². The lowest BCUT2D eigenvalue weighted by molar-refractivity contribution is 0.0166. The fourth-order valence-corrected chi connectivity index (χ4v) is 5.59. The summed E-state index contributed by atoms with van der Waals surface area (Å²) in [6, 6.07) is 0. The molecule has 2 aliphatic carbocycles. The molecule has 2 rings (SSSR count). The van der Waals surface area contributed by atoms with E-state index in [4.69, 9.17) is 0 Å². The van der Waals surface area contributed by atoms with Crippen molar-refractivity contribution >= 4 is 0 Å². The van der Waals surface area contributed by atoms with Gasteiger partial charge in [0.15, 0.2) is 0 Å². The smallest absolute Gasteiger partial charge is 0.0811 e. The number of allylic oxidation sites excluding steroid dienone is 3. The molecule has 0 spiro atoms. The van der Waals surface area contributed by atoms with Crippen molar-refractivity contribution in [2.75, 3.05) is 0 Å². The van der Waals surface area contributed by atoms with E-state index in [1.165, 1.54) is 19.3 Å². The maximum absolute atomic E-state index is 10.6. The molecule has 0 bridgehead atoms. The first-order valence-electron chi connectivity index (χ1n) is 12.1. The van der Waals surface area contributed by atoms with E-state index in [1.54, 1.807) is 0 Å². The van der Waals surface area contributed by atoms with Crippen LogP contribution in [0, 0.1) is 16.7 Å². The Balaban J connectivity index is 1.94. The molecule has 0 saturated heterocycles. The third-order valence-corrected chi connectivity index (χ3v) is 8.90. The van der Waals surface area contributed by atoms with Crippen LogP contribution in [0.1, 0.15) is 98.8 Å². The van der Waals surface area contributed by atoms with E-state index in [2.05, 4.69) is 53.3 Å². The van der Waals surface area contributed by atoms with E-state index >= 15 is 0 Å². The molecule has 2 fully saturated rings. The molecule has 2 saturated carbocycles. The Bertz CT molecular complexity index is 640. The van der Waals surface area contributed by atoms with E-state index < -0.39 is 17.8 Å². The third kappa shape index (κ3) is 5.66. The molecule has 172 valence electrons. The van der Waals surface area contributed by atoms with Crippen molar-refractivity contribution in [1.29, 1.82) is 0 Å². The topological polar surface area (TPSA) is 60.7 Å². The third-order valence-electron chi connectivity index (χ3n) is 8.90. The molecule has 0 aliphatic heterocycles. The van der Waals surface area contributed by atoms with Gasteiger partial charge in [0.2, 0.25) is 0 Å². The molecule has 0 aromatic rings. The summed E-state index contributed by atoms with van der Waals surface area (Å²) in [5.74, 6) is 0.704. The number of aliphatic hydroxyl groups is 3. The quantitative estimate of drug-likeness (QED) is 0.424. The maximum atomic E-state index is 10.6. The predicted octanol–water partition coefficient (Wildman–Crippen LogP) is 6.09. The molecule has 0 radical (unpaired) electrons. The second-order valence-corrected chi connectivity index (χ2v) is 10.8. The van der Waals surface area contributed by atoms with Gasteiger partial charge in [-0.2, -0.15) is 0 Å². The summed E-state index contributed by atoms with van der Waals surface area (Å²) in [7, 11) is 0. The molecule has 0 amide bonds. The largest absolute Gasteiger partial charge is 0.393 e. The van der Waals surface area contributed by atoms with Gasteiger partial charge in [0.25, 0.3) is 0 Å². The fraction of sp³-hybridized carbons (Fsp3) is 0.778. The highest BCUT2D eigenvalue weighted by Gasteiger charge is 2.50. The van der Waals surface area contributed by atoms with Crippen molar-refractivity contribution in [3.63, 3.8) is 0 Å². The van der Waals surface area contributed by atoms with Crippen molar-refractivity contribution in [2.45, 2.75) is 117 Å². The summed E-state index contributed by atoms with van der Waals surface area (Å²) in [6.07, 6.45) is 14.7. The monoisotopic (exact) mass is 418 g/mol. The van der Waals surface area contributed by atoms with Crippen LogP contribution in [0.25, 0.3) is 0 Å². The first kappa shape index (κ1) is 25.4. The van der Waals surface area contributed by atoms with Crippen LogP contribution in [0.15, 0.2) is 36.0 Å². The van der Waals surface area contributed by atoms with E-state index in [0.717, 1.165) is 43.3 Å². The molecule has 0 aromatic heterocycles. The van der Waals surface area contributed by atoms with Gasteiger partial charge in [-0.3, -0.25) is 0 Å². The van der Waals surface area contributed by atoms with Crippen LogP contribution in [0.5, 0.6) is 0 Å². The molecule has 0 aromatic carbocycles. The molecular weight excluding hydrogens is 372 g/mol. The van der Waals surface area contributed by atoms with E-state index in [0.29, 0.717) is 18.8 Å². The van der Waals surface area contributed by atoms with E-state index in [1.807, 2.05) is 6.08 Å². The van der Waals surface area contributed by atoms with Crippen molar-refractivity contribution in [2.24, 2.45) is 16.7 Å². The fourth-order valence-electron chi connectivity index (χ4n) is 5.59. The standard InChI is InChI=1S/C27H46O3/c1-7-27(30,8-2)16-11-13-22-14-17-26(6,25(22,4)5)15-10-9-12-21-18-23(28)19-24(29)20(21)3/h9-10,12,22-24,28-30H,3,7-8,11,13-19H2,1-2,4-6H3/t22-,23+,24-,26?/m0/s1. The van der Waals surface area contributed by atoms with Crippen LogP contribution in [0.4, 0.5) is 0 Å². The van der Waals surface area contributed by atoms with Gasteiger partial charge in [-0.25, -0.2) is 0 Å². The molecule has 3 nitrogen and oxygen atoms in total. The summed E-state index contributed by atoms with van der Waals surface area (Å²) in [5, 5.41) is 30.5. The van der Waals surface area contributed by atoms with Gasteiger partial charge >= 0.3 is 0 Å². The second kappa shape index (κ2) is 10.1. The van der Waals surface area contributed by atoms with Gasteiger partial charge in [0.1, 0.15) is 0 Å². The summed E-state index contributed by atoms with van der Waals surface area (Å²) in [5.41, 5.74) is 1.76. The van der Waals surface area contributed by atoms with Gasteiger partial charge in [-0.15, -0.1) is 0 Å². The molecule has 3 heteroatoms. The SMILES string of the molecule is C=C1C(=CC=CCC2(C)CC[C@H](CCCC(O)(CC)CC)C2(C)C)C[C@@H](O)C[C@@H]1O. The number of rotatable bonds is 9. The Morgan fingerprint density at radius 3 is 2.47 bits per heavy atom. The van der Waals surface area contributed by atoms with Gasteiger partial charge in [-0.1, -0.05) is 65.8 Å². The predicted molar refractivity (Wildman–Crippen MR) is 126 cm³/mol. The van der Waals surface area contributed by atoms with Crippen LogP contribution >= 0.6 is 0 Å². The Kier molecular flexibility index (Phi) is 8.58. The second-order valence-electron chi connectivity index (χ2n) is 10.8. The van der Waals surface area contributed by atoms with Gasteiger partial charge in [0.05, 0.1) is 17.8 Å². The zero-order chi connectivity index (χ0) is 22.6. The molecule has 30 heavy (non-hydrogen) atoms. The van der Waals surface area contributed by atoms with Gasteiger partial charge < -0.3 is 15.3 Å². The minimum Gasteiger partial charge on any atom is -0.393 e. The highest BCUT2D eigenvalue weighted by Crippen LogP contribution is 2.59. The van der Waals surface area contributed by atoms with Gasteiger partial charge in [0, 0.05) is 6.42 Å². The van der Waals surface area contributed by atoms with Crippen LogP contribution in [0.3, 0.4) is 0 Å². The number of hydrogen-bond acceptors (Lipinski definition) is 3. The molecule has 2 aliphatic rings. The highest BCUT2D eigenvalue weighted by atomic mass is 16.3. The molecule has 0 heterocycles. The Morgan fingerprint density at radius 1 is 1.17 bits per heavy atom. The highest BCUT2D eigenvalue weighted by molar-refractivity contribution is 5.37. The van der Waals surface area contributed by atoms with Crippen molar-refractivity contribution in [1.82, 2.24) is 0 Å². The van der Waals surface area contributed by atoms with Crippen molar-refractivity contribution in [3.8, 4) is 0 Å². The van der Waals surface area contributed by atoms with E-state index in [9.17, 15) is 15.3 Å². The lowest BCUT2D eigenvalue weighted by atomic mass is 9.63. The van der Waals surface area contributed by atoms with Crippen LogP contribution in [0.2, 0.25) is 0 Å². The van der Waals surface area contributed by atoms with Crippen LogP contribution in [-0.2, 0) is 0 Å². The van der Waals surface area contributed by atoms with Crippen LogP contribution < -0.4 is 0 Å². The zero-order valence-electron chi connectivity index (χ0n) is 20.1. The Labute approximate surface area is 185 Å². The average molecular weight is 419 g/mol. The normalized spacial score (nSPS) is 33.7. The Hall–Kier alpha value is -0.900. The zero-order valence-corrected chi connectivity index (χ0v) is 20.1. The summed E-state index contributed by atoms with van der Waals surface area (Å²) in [6.45, 7) is 15.4. The van der Waals surface area contributed by atoms with Crippen molar-refractivity contribution in [3.05, 3.63) is 36.0 Å². The minimum absolute atomic E-state index is 0.265. The molecule has 4 atom stereocenters. The van der Waals surface area contributed by atoms with Crippen molar-refractivity contribution < 1.29 is 15.3 Å². The lowest BCUT2D eigenvalue weighted by Crippen LogP contribution is -2.34. The van der Waals surface area contributed by atoms with E-state index in [-0.39, 0.29) is 10.8 Å². The summed E-state index contributed by atoms with van der Waals surface area (Å²) >= 11 is 0. The first-order valence-corrected chi connectivity index (χ1v) is 12.1. The lowest BCUT2D eigenvalue weighted by Gasteiger charge is -2.42. The maximum Gasteiger partial charge on any atom is 0.0811 e. The molecule has 1 unspecified atom stereocenters. The first-order chi connectivity index (χ1) is 14.0. The summed E-state index contributed by atoms with van der Waals surface area (Å²) < 4.78 is 0. The molecule has 3 N–H and O–H groups in total. The van der Waals surface area contributed by atoms with Crippen LogP contribution in [-0.4, -0.2) is 33.1 Å². The summed E-state index contributed by atoms with van der Waals surface area (Å²) in [4.78, 5) is 0. The average Bonchev–Trinajstić information content (AvgIpc) is 2.92. The number of hydrogen-bond donors (Lipinski definition) is 3. The number of aliphatic hydroxyl groups excluding tert-OH is 2. The Morgan fingerprint density at radius 2 is 1.83 bits per heavy atom. The molecular formula is C27H46O3. The minimum atomic E-state index is -0.626.